The molecule has 1 aromatic rings. The van der Waals surface area contributed by atoms with Crippen LogP contribution >= 0.6 is 11.5 Å². The molecule has 0 aliphatic heterocycles. The van der Waals surface area contributed by atoms with Gasteiger partial charge in [0, 0.05) is 26.2 Å². The summed E-state index contributed by atoms with van der Waals surface area (Å²) in [5.74, 6) is 0.0695. The van der Waals surface area contributed by atoms with Crippen LogP contribution in [0.2, 0.25) is 0 Å². The Morgan fingerprint density at radius 2 is 2.22 bits per heavy atom. The van der Waals surface area contributed by atoms with Crippen molar-refractivity contribution in [2.45, 2.75) is 19.9 Å². The zero-order valence-corrected chi connectivity index (χ0v) is 12.1. The van der Waals surface area contributed by atoms with E-state index >= 15 is 0 Å². The Morgan fingerprint density at radius 3 is 2.78 bits per heavy atom. The number of amides is 1. The van der Waals surface area contributed by atoms with E-state index in [1.54, 1.807) is 7.05 Å². The molecule has 6 nitrogen and oxygen atoms in total. The number of rotatable bonds is 6. The molecule has 0 unspecified atom stereocenters. The van der Waals surface area contributed by atoms with Gasteiger partial charge in [0.25, 0.3) is 5.91 Å². The van der Waals surface area contributed by atoms with Crippen molar-refractivity contribution in [2.75, 3.05) is 38.2 Å². The second-order valence-electron chi connectivity index (χ2n) is 4.35. The summed E-state index contributed by atoms with van der Waals surface area (Å²) < 4.78 is 4.00. The van der Waals surface area contributed by atoms with Crippen LogP contribution in [0.5, 0.6) is 0 Å². The summed E-state index contributed by atoms with van der Waals surface area (Å²) in [7, 11) is 3.64. The van der Waals surface area contributed by atoms with Gasteiger partial charge in [0.2, 0.25) is 0 Å². The molecule has 0 spiro atoms. The van der Waals surface area contributed by atoms with Crippen molar-refractivity contribution in [1.82, 2.24) is 14.6 Å². The molecule has 4 N–H and O–H groups in total. The Bertz CT molecular complexity index is 404. The smallest absolute Gasteiger partial charge is 0.257 e. The molecule has 102 valence electrons. The van der Waals surface area contributed by atoms with Crippen molar-refractivity contribution in [3.63, 3.8) is 0 Å². The lowest BCUT2D eigenvalue weighted by Crippen LogP contribution is -2.31. The molecule has 0 fully saturated rings. The van der Waals surface area contributed by atoms with E-state index < -0.39 is 0 Å². The van der Waals surface area contributed by atoms with E-state index in [1.807, 2.05) is 0 Å². The normalized spacial score (nSPS) is 11.0. The molecule has 18 heavy (non-hydrogen) atoms. The molecular weight excluding hydrogens is 250 g/mol. The van der Waals surface area contributed by atoms with E-state index in [0.717, 1.165) is 18.1 Å². The fourth-order valence-electron chi connectivity index (χ4n) is 1.37. The number of hydrogen-bond acceptors (Lipinski definition) is 6. The predicted octanol–water partition coefficient (Wildman–Crippen LogP) is 0.837. The van der Waals surface area contributed by atoms with Gasteiger partial charge in [-0.25, -0.2) is 0 Å². The van der Waals surface area contributed by atoms with Crippen LogP contribution < -0.4 is 16.4 Å². The molecule has 0 aromatic carbocycles. The van der Waals surface area contributed by atoms with Crippen molar-refractivity contribution >= 4 is 28.3 Å². The Hall–Kier alpha value is -1.34. The Morgan fingerprint density at radius 1 is 1.56 bits per heavy atom. The topological polar surface area (TPSA) is 83.3 Å². The van der Waals surface area contributed by atoms with Gasteiger partial charge in [-0.2, -0.15) is 4.37 Å². The quantitative estimate of drug-likeness (QED) is 0.714. The van der Waals surface area contributed by atoms with Crippen LogP contribution in [0.1, 0.15) is 24.2 Å². The van der Waals surface area contributed by atoms with Gasteiger partial charge in [0.1, 0.15) is 10.6 Å². The number of nitrogen functional groups attached to an aromatic ring is 1. The van der Waals surface area contributed by atoms with E-state index in [1.165, 1.54) is 11.5 Å². The van der Waals surface area contributed by atoms with Gasteiger partial charge in [0.05, 0.1) is 0 Å². The Labute approximate surface area is 112 Å². The van der Waals surface area contributed by atoms with Crippen LogP contribution in [0.15, 0.2) is 0 Å². The van der Waals surface area contributed by atoms with Crippen molar-refractivity contribution in [3.05, 3.63) is 5.56 Å². The lowest BCUT2D eigenvalue weighted by atomic mass is 10.3. The molecule has 1 rings (SSSR count). The maximum Gasteiger partial charge on any atom is 0.257 e. The SMILES string of the molecule is CNC(=O)c1c(N)nsc1NCCN(C)C(C)C. The van der Waals surface area contributed by atoms with Crippen molar-refractivity contribution in [3.8, 4) is 0 Å². The van der Waals surface area contributed by atoms with E-state index in [2.05, 4.69) is 40.8 Å². The number of nitrogens with two attached hydrogens (primary N) is 1. The van der Waals surface area contributed by atoms with Crippen LogP contribution in [-0.4, -0.2) is 48.4 Å². The number of carbonyl (C=O) groups excluding carboxylic acids is 1. The average Bonchev–Trinajstić information content (AvgIpc) is 2.69. The van der Waals surface area contributed by atoms with Gasteiger partial charge in [0.15, 0.2) is 5.82 Å². The summed E-state index contributed by atoms with van der Waals surface area (Å²) in [5, 5.41) is 6.50. The predicted molar refractivity (Wildman–Crippen MR) is 76.2 cm³/mol. The monoisotopic (exact) mass is 271 g/mol. The summed E-state index contributed by atoms with van der Waals surface area (Å²) in [6, 6.07) is 0.497. The first kappa shape index (κ1) is 14.7. The third-order valence-electron chi connectivity index (χ3n) is 2.80. The fourth-order valence-corrected chi connectivity index (χ4v) is 2.11. The third-order valence-corrected chi connectivity index (χ3v) is 3.62. The summed E-state index contributed by atoms with van der Waals surface area (Å²) in [4.78, 5) is 13.9. The van der Waals surface area contributed by atoms with Crippen LogP contribution in [0, 0.1) is 0 Å². The lowest BCUT2D eigenvalue weighted by Gasteiger charge is -2.21. The highest BCUT2D eigenvalue weighted by Crippen LogP contribution is 2.26. The first-order valence-electron chi connectivity index (χ1n) is 5.88. The molecule has 1 heterocycles. The zero-order valence-electron chi connectivity index (χ0n) is 11.3. The molecular formula is C11H21N5OS. The van der Waals surface area contributed by atoms with E-state index in [4.69, 9.17) is 5.73 Å². The number of nitrogens with one attached hydrogen (secondary N) is 2. The highest BCUT2D eigenvalue weighted by molar-refractivity contribution is 7.11. The van der Waals surface area contributed by atoms with Gasteiger partial charge >= 0.3 is 0 Å². The van der Waals surface area contributed by atoms with Gasteiger partial charge in [-0.05, 0) is 32.4 Å². The molecule has 7 heteroatoms. The number of hydrogen-bond donors (Lipinski definition) is 3. The molecule has 0 aliphatic rings. The molecule has 0 saturated heterocycles. The highest BCUT2D eigenvalue weighted by atomic mass is 32.1. The second-order valence-corrected chi connectivity index (χ2v) is 5.13. The fraction of sp³-hybridized carbons (Fsp3) is 0.636. The Kier molecular flexibility index (Phi) is 5.36. The molecule has 0 bridgehead atoms. The van der Waals surface area contributed by atoms with Gasteiger partial charge < -0.3 is 21.3 Å². The number of aromatic nitrogens is 1. The molecule has 0 aliphatic carbocycles. The first-order chi connectivity index (χ1) is 8.47. The van der Waals surface area contributed by atoms with E-state index in [9.17, 15) is 4.79 Å². The van der Waals surface area contributed by atoms with Crippen molar-refractivity contribution < 1.29 is 4.79 Å². The standard InChI is InChI=1S/C11H21N5OS/c1-7(2)16(4)6-5-14-11-8(10(17)13-3)9(12)15-18-11/h7,14H,5-6H2,1-4H3,(H2,12,15)(H,13,17). The van der Waals surface area contributed by atoms with Crippen LogP contribution in [-0.2, 0) is 0 Å². The number of anilines is 2. The number of carbonyl (C=O) groups is 1. The zero-order chi connectivity index (χ0) is 13.7. The van der Waals surface area contributed by atoms with Gasteiger partial charge in [-0.1, -0.05) is 0 Å². The largest absolute Gasteiger partial charge is 0.382 e. The molecule has 1 aromatic heterocycles. The minimum absolute atomic E-state index is 0.207. The maximum atomic E-state index is 11.6. The van der Waals surface area contributed by atoms with Gasteiger partial charge in [-0.3, -0.25) is 4.79 Å². The Balaban J connectivity index is 2.60. The molecule has 0 atom stereocenters. The first-order valence-corrected chi connectivity index (χ1v) is 6.66. The van der Waals surface area contributed by atoms with Gasteiger partial charge in [-0.15, -0.1) is 0 Å². The lowest BCUT2D eigenvalue weighted by molar-refractivity contribution is 0.0965. The number of likely N-dealkylation sites (N-methyl/N-ethyl adjacent to an activating group) is 1. The van der Waals surface area contributed by atoms with Crippen LogP contribution in [0.25, 0.3) is 0 Å². The summed E-state index contributed by atoms with van der Waals surface area (Å²) >= 11 is 1.21. The molecule has 0 radical (unpaired) electrons. The van der Waals surface area contributed by atoms with Crippen LogP contribution in [0.3, 0.4) is 0 Å². The van der Waals surface area contributed by atoms with Crippen molar-refractivity contribution in [2.24, 2.45) is 0 Å². The second kappa shape index (κ2) is 6.55. The van der Waals surface area contributed by atoms with E-state index in [-0.39, 0.29) is 11.7 Å². The maximum absolute atomic E-state index is 11.6. The third kappa shape index (κ3) is 3.58. The number of nitrogens with zero attached hydrogens (tertiary/aromatic N) is 2. The average molecular weight is 271 g/mol. The summed E-state index contributed by atoms with van der Waals surface area (Å²) in [6.07, 6.45) is 0. The molecule has 1 amide bonds. The molecule has 0 saturated carbocycles. The minimum atomic E-state index is -0.207. The summed E-state index contributed by atoms with van der Waals surface area (Å²) in [6.45, 7) is 5.92. The minimum Gasteiger partial charge on any atom is -0.382 e. The van der Waals surface area contributed by atoms with Crippen molar-refractivity contribution in [1.29, 1.82) is 0 Å². The van der Waals surface area contributed by atoms with E-state index in [0.29, 0.717) is 11.6 Å². The highest BCUT2D eigenvalue weighted by Gasteiger charge is 2.17. The summed E-state index contributed by atoms with van der Waals surface area (Å²) in [5.41, 5.74) is 6.13. The van der Waals surface area contributed by atoms with Crippen LogP contribution in [0.4, 0.5) is 10.8 Å².